The van der Waals surface area contributed by atoms with Crippen LogP contribution in [-0.2, 0) is 21.7 Å². The van der Waals surface area contributed by atoms with E-state index in [0.29, 0.717) is 11.4 Å². The van der Waals surface area contributed by atoms with Gasteiger partial charge in [-0.3, -0.25) is 0 Å². The summed E-state index contributed by atoms with van der Waals surface area (Å²) in [5.74, 6) is 2.43. The highest BCUT2D eigenvalue weighted by molar-refractivity contribution is 9.10. The van der Waals surface area contributed by atoms with Gasteiger partial charge >= 0.3 is 6.98 Å². The number of halogens is 2. The van der Waals surface area contributed by atoms with Crippen molar-refractivity contribution in [1.82, 2.24) is 0 Å². The first-order chi connectivity index (χ1) is 42.0. The van der Waals surface area contributed by atoms with E-state index in [-0.39, 0.29) is 77.4 Å². The van der Waals surface area contributed by atoms with Crippen LogP contribution in [0.5, 0.6) is 0 Å². The van der Waals surface area contributed by atoms with Crippen molar-refractivity contribution < 1.29 is 0 Å². The molecular weight excluding hydrogens is 1170 g/mol. The molecule has 0 N–H and O–H groups in total. The van der Waals surface area contributed by atoms with Gasteiger partial charge in [-0.25, -0.2) is 0 Å². The molecule has 8 aromatic carbocycles. The predicted molar refractivity (Wildman–Crippen MR) is 402 cm³/mol. The van der Waals surface area contributed by atoms with Gasteiger partial charge in [0.05, 0.1) is 27.2 Å². The van der Waals surface area contributed by atoms with Gasteiger partial charge in [0.25, 0.3) is 0 Å². The lowest BCUT2D eigenvalue weighted by molar-refractivity contribution is 0.589. The molecule has 0 saturated heterocycles. The molecule has 0 atom stereocenters. The van der Waals surface area contributed by atoms with Gasteiger partial charge in [-0.05, 0) is 182 Å². The molecule has 0 bridgehead atoms. The quantitative estimate of drug-likeness (QED) is 0.0727. The highest BCUT2D eigenvalue weighted by Crippen LogP contribution is 2.55. The zero-order valence-electron chi connectivity index (χ0n) is 54.6. The van der Waals surface area contributed by atoms with Crippen LogP contribution < -0.4 is 52.2 Å². The Morgan fingerprint density at radius 2 is 1.04 bits per heavy atom. The first kappa shape index (κ1) is 66.3. The van der Waals surface area contributed by atoms with E-state index in [1.807, 2.05) is 0 Å². The van der Waals surface area contributed by atoms with Crippen molar-refractivity contribution in [2.24, 2.45) is 0 Å². The molecule has 0 fully saturated rings. The summed E-state index contributed by atoms with van der Waals surface area (Å²) in [6.07, 6.45) is 5.82. The first-order valence-corrected chi connectivity index (χ1v) is 31.5. The summed E-state index contributed by atoms with van der Waals surface area (Å²) in [7, 11) is 61.7. The highest BCUT2D eigenvalue weighted by Gasteiger charge is 2.46. The Balaban J connectivity index is 1.35. The molecule has 0 amide bonds. The molecule has 0 saturated carbocycles. The van der Waals surface area contributed by atoms with Gasteiger partial charge in [-0.1, -0.05) is 176 Å². The monoisotopic (exact) mass is 1240 g/mol. The minimum Gasteiger partial charge on any atom is -0.387 e. The largest absolute Gasteiger partial charge is 0.416 e. The third-order valence-corrected chi connectivity index (χ3v) is 19.6. The molecule has 16 heteroatoms. The maximum Gasteiger partial charge on any atom is 0.416 e. The molecular formula is C74H68B10BrClN4. The number of hydrogen-bond donors (Lipinski definition) is 0. The van der Waals surface area contributed by atoms with Crippen LogP contribution in [0.2, 0.25) is 5.02 Å². The summed E-state index contributed by atoms with van der Waals surface area (Å²) in [6, 6.07) is 44.2. The van der Waals surface area contributed by atoms with Crippen molar-refractivity contribution in [2.75, 3.05) is 26.0 Å². The molecule has 0 spiro atoms. The standard InChI is InChI=1S/C74H68B10BrClN4/c1-17-54(75)60(77)61(78)55(76)38-87-57-37-48(26-28-56(57)90(70-65(82)63(80)62(79)64(81)66(70)83)84(87)67-39(2)29-44(30-40(67)3)72(9,10)11)88(47-25-27-51-50-23-18-19-24-52(50)74(15,16)53(51)36-47)58-34-45(73(12,13)14)35-59(68(58)85)89(49-31-41(4)69(86)42(5)32-49)46-22-20-21-43(33-46)71(6,7)8/h1,18-37H,38H2,2-16H3/b60-54-,61-55-. The smallest absolute Gasteiger partial charge is 0.387 e. The lowest BCUT2D eigenvalue weighted by Gasteiger charge is -2.36. The number of hydrogen-bond acceptors (Lipinski definition) is 4. The van der Waals surface area contributed by atoms with Crippen LogP contribution in [0.3, 0.4) is 0 Å². The van der Waals surface area contributed by atoms with Crippen molar-refractivity contribution in [3.63, 3.8) is 0 Å². The average molecular weight is 1240 g/mol. The number of allylic oxidation sites excluding steroid dienone is 3. The van der Waals surface area contributed by atoms with E-state index in [1.54, 1.807) is 0 Å². The van der Waals surface area contributed by atoms with Crippen molar-refractivity contribution in [3.8, 4) is 23.5 Å². The van der Waals surface area contributed by atoms with E-state index in [0.717, 1.165) is 88.2 Å². The van der Waals surface area contributed by atoms with E-state index in [9.17, 15) is 0 Å². The van der Waals surface area contributed by atoms with E-state index in [1.165, 1.54) is 27.8 Å². The van der Waals surface area contributed by atoms with Crippen LogP contribution >= 0.6 is 27.5 Å². The number of aryl methyl sites for hydroxylation is 4. The molecule has 4 nitrogen and oxygen atoms in total. The summed E-state index contributed by atoms with van der Waals surface area (Å²) in [5.41, 5.74) is 20.1. The van der Waals surface area contributed by atoms with Gasteiger partial charge in [0.2, 0.25) is 0 Å². The van der Waals surface area contributed by atoms with Crippen molar-refractivity contribution in [2.45, 2.75) is 126 Å². The topological polar surface area (TPSA) is 13.0 Å². The normalized spacial score (nSPS) is 14.2. The fourth-order valence-electron chi connectivity index (χ4n) is 13.0. The second-order valence-corrected chi connectivity index (χ2v) is 29.2. The Morgan fingerprint density at radius 3 is 1.61 bits per heavy atom. The summed E-state index contributed by atoms with van der Waals surface area (Å²) in [6.45, 7) is 32.3. The number of rotatable bonds is 11. The second kappa shape index (κ2) is 24.1. The van der Waals surface area contributed by atoms with Crippen LogP contribution in [-0.4, -0.2) is 84.1 Å². The number of fused-ring (bicyclic) bond motifs is 4. The zero-order chi connectivity index (χ0) is 65.9. The van der Waals surface area contributed by atoms with Gasteiger partial charge in [0.1, 0.15) is 70.6 Å². The SMILES string of the molecule is [B]/C(C#C)=C([B])/C([B])=C(/[B])CN1B(c2c(C)cc(C(C)(C)C)cc2C)N(c2c([B])c([B])c([B])c([B])c2[B])c2ccc(N(c3ccc4c(c3)C(C)(C)c3ccccc3-4)c3cc(C(C)(C)C)cc(N(c4cccc(C(C)(C)C)c4)c4cc(C)c(Cl)c(C)c4)c3Br)cc21. The van der Waals surface area contributed by atoms with Gasteiger partial charge in [0, 0.05) is 45.4 Å². The molecule has 8 aromatic rings. The van der Waals surface area contributed by atoms with Crippen LogP contribution in [0, 0.1) is 40.0 Å². The number of anilines is 9. The molecule has 2 aliphatic rings. The fraction of sp³-hybridized carbons (Fsp3) is 0.270. The van der Waals surface area contributed by atoms with Crippen molar-refractivity contribution in [3.05, 3.63) is 203 Å². The number of benzene rings is 8. The van der Waals surface area contributed by atoms with Crippen LogP contribution in [0.4, 0.5) is 51.2 Å². The lowest BCUT2D eigenvalue weighted by Crippen LogP contribution is -2.62. The van der Waals surface area contributed by atoms with Crippen molar-refractivity contribution >= 4 is 189 Å². The Bertz CT molecular complexity index is 4310. The lowest BCUT2D eigenvalue weighted by atomic mass is 9.57. The molecule has 10 rings (SSSR count). The van der Waals surface area contributed by atoms with Gasteiger partial charge < -0.3 is 19.4 Å². The maximum atomic E-state index is 7.25. The summed E-state index contributed by atoms with van der Waals surface area (Å²) in [4.78, 5) is 8.98. The molecule has 0 aromatic heterocycles. The number of terminal acetylenes is 1. The molecule has 90 heavy (non-hydrogen) atoms. The van der Waals surface area contributed by atoms with Gasteiger partial charge in [-0.15, -0.1) is 39.2 Å². The Kier molecular flexibility index (Phi) is 17.8. The third kappa shape index (κ3) is 11.7. The Labute approximate surface area is 562 Å². The van der Waals surface area contributed by atoms with Crippen LogP contribution in [0.15, 0.2) is 148 Å². The van der Waals surface area contributed by atoms with E-state index >= 15 is 0 Å². The maximum absolute atomic E-state index is 7.25. The third-order valence-electron chi connectivity index (χ3n) is 18.2. The van der Waals surface area contributed by atoms with E-state index in [4.69, 9.17) is 88.6 Å². The summed E-state index contributed by atoms with van der Waals surface area (Å²) < 4.78 is 0.827. The van der Waals surface area contributed by atoms with Crippen LogP contribution in [0.25, 0.3) is 11.1 Å². The van der Waals surface area contributed by atoms with E-state index < -0.39 is 6.98 Å². The van der Waals surface area contributed by atoms with Crippen molar-refractivity contribution in [1.29, 1.82) is 0 Å². The summed E-state index contributed by atoms with van der Waals surface area (Å²) in [5, 5.41) is 0.724. The van der Waals surface area contributed by atoms with Gasteiger partial charge in [0.15, 0.2) is 0 Å². The molecule has 428 valence electrons. The predicted octanol–water partition coefficient (Wildman–Crippen LogP) is 12.5. The highest BCUT2D eigenvalue weighted by atomic mass is 79.9. The molecule has 18 radical (unpaired) electrons. The molecule has 1 aliphatic heterocycles. The van der Waals surface area contributed by atoms with Crippen LogP contribution in [0.1, 0.15) is 126 Å². The zero-order valence-corrected chi connectivity index (χ0v) is 57.0. The first-order valence-electron chi connectivity index (χ1n) is 30.3. The minimum absolute atomic E-state index is 0.00279. The molecule has 0 unspecified atom stereocenters. The molecule has 1 heterocycles. The van der Waals surface area contributed by atoms with Gasteiger partial charge in [-0.2, -0.15) is 0 Å². The minimum atomic E-state index is -0.739. The Hall–Kier alpha value is -6.58. The summed E-state index contributed by atoms with van der Waals surface area (Å²) >= 11 is 11.5. The second-order valence-electron chi connectivity index (χ2n) is 28.0. The molecule has 1 aliphatic carbocycles. The Morgan fingerprint density at radius 1 is 0.544 bits per heavy atom. The fourth-order valence-corrected chi connectivity index (χ4v) is 13.7. The van der Waals surface area contributed by atoms with E-state index in [2.05, 4.69) is 266 Å². The number of nitrogens with zero attached hydrogens (tertiary/aromatic N) is 4. The average Bonchev–Trinajstić information content (AvgIpc) is 1.53.